The number of allylic oxidation sites excluding steroid dienone is 24. The second-order valence-corrected chi connectivity index (χ2v) is 17.2. The Kier molecular flexibility index (Phi) is 51.1. The summed E-state index contributed by atoms with van der Waals surface area (Å²) in [5, 5.41) is 0. The third-order valence-corrected chi connectivity index (χ3v) is 10.8. The first-order valence-corrected chi connectivity index (χ1v) is 27.0. The fourth-order valence-corrected chi connectivity index (χ4v) is 6.79. The Labute approximate surface area is 417 Å². The van der Waals surface area contributed by atoms with Crippen molar-refractivity contribution in [2.75, 3.05) is 13.2 Å². The van der Waals surface area contributed by atoms with Gasteiger partial charge in [0.05, 0.1) is 0 Å². The molecule has 380 valence electrons. The van der Waals surface area contributed by atoms with E-state index in [9.17, 15) is 14.4 Å². The van der Waals surface area contributed by atoms with Crippen molar-refractivity contribution in [2.24, 2.45) is 0 Å². The highest BCUT2D eigenvalue weighted by Crippen LogP contribution is 2.14. The van der Waals surface area contributed by atoms with Gasteiger partial charge in [-0.15, -0.1) is 0 Å². The average molecular weight is 937 g/mol. The van der Waals surface area contributed by atoms with Gasteiger partial charge in [-0.1, -0.05) is 244 Å². The molecule has 0 heterocycles. The molecule has 0 saturated carbocycles. The van der Waals surface area contributed by atoms with E-state index in [0.29, 0.717) is 12.8 Å². The highest BCUT2D eigenvalue weighted by Gasteiger charge is 2.19. The Bertz CT molecular complexity index is 1540. The molecule has 0 rings (SSSR count). The van der Waals surface area contributed by atoms with Gasteiger partial charge in [0.25, 0.3) is 0 Å². The molecule has 0 N–H and O–H groups in total. The maximum absolute atomic E-state index is 12.8. The molecule has 0 saturated heterocycles. The number of hydrogen-bond donors (Lipinski definition) is 0. The number of carbonyl (C=O) groups is 3. The highest BCUT2D eigenvalue weighted by molar-refractivity contribution is 5.71. The van der Waals surface area contributed by atoms with Crippen molar-refractivity contribution in [1.29, 1.82) is 0 Å². The molecule has 0 aromatic carbocycles. The largest absolute Gasteiger partial charge is 0.462 e. The zero-order valence-electron chi connectivity index (χ0n) is 43.3. The smallest absolute Gasteiger partial charge is 0.306 e. The lowest BCUT2D eigenvalue weighted by atomic mass is 10.1. The van der Waals surface area contributed by atoms with Gasteiger partial charge >= 0.3 is 17.9 Å². The van der Waals surface area contributed by atoms with Crippen molar-refractivity contribution in [3.05, 3.63) is 146 Å². The van der Waals surface area contributed by atoms with Crippen molar-refractivity contribution in [3.63, 3.8) is 0 Å². The van der Waals surface area contributed by atoms with Gasteiger partial charge in [0.1, 0.15) is 13.2 Å². The van der Waals surface area contributed by atoms with Crippen LogP contribution in [0.3, 0.4) is 0 Å². The van der Waals surface area contributed by atoms with Gasteiger partial charge in [0.15, 0.2) is 6.10 Å². The molecule has 1 atom stereocenters. The second-order valence-electron chi connectivity index (χ2n) is 17.2. The van der Waals surface area contributed by atoms with Gasteiger partial charge in [-0.05, 0) is 89.9 Å². The fourth-order valence-electron chi connectivity index (χ4n) is 6.79. The van der Waals surface area contributed by atoms with Crippen molar-refractivity contribution >= 4 is 17.9 Å². The molecule has 0 amide bonds. The normalized spacial score (nSPS) is 13.3. The lowest BCUT2D eigenvalue weighted by Crippen LogP contribution is -2.30. The molecule has 0 bridgehead atoms. The molecule has 0 aliphatic carbocycles. The van der Waals surface area contributed by atoms with Gasteiger partial charge in [0.2, 0.25) is 0 Å². The zero-order valence-corrected chi connectivity index (χ0v) is 43.3. The number of ether oxygens (including phenoxy) is 3. The Hall–Kier alpha value is -4.71. The van der Waals surface area contributed by atoms with E-state index in [1.807, 2.05) is 72.9 Å². The quantitative estimate of drug-likeness (QED) is 0.0199. The number of esters is 3. The van der Waals surface area contributed by atoms with Crippen LogP contribution >= 0.6 is 0 Å². The SMILES string of the molecule is CC\C=C/C=C\C=C/C=C\CCCCCC(=O)OCC(COC(=O)CCCCCCCCCCC/C=C\C/C=C\C/C=C\CC)OC(=O)CCCCCCC\C=C/C=C\C=C/C=C\C=C/CCC. The van der Waals surface area contributed by atoms with Gasteiger partial charge < -0.3 is 14.2 Å². The molecule has 0 aliphatic rings. The molecule has 0 fully saturated rings. The molecular weight excluding hydrogens is 841 g/mol. The number of hydrogen-bond acceptors (Lipinski definition) is 6. The van der Waals surface area contributed by atoms with E-state index in [4.69, 9.17) is 14.2 Å². The van der Waals surface area contributed by atoms with E-state index < -0.39 is 6.10 Å². The molecule has 0 aromatic rings. The van der Waals surface area contributed by atoms with Gasteiger partial charge in [0, 0.05) is 19.3 Å². The van der Waals surface area contributed by atoms with Crippen LogP contribution in [-0.2, 0) is 28.6 Å². The molecule has 6 nitrogen and oxygen atoms in total. The summed E-state index contributed by atoms with van der Waals surface area (Å²) in [6.45, 7) is 6.22. The maximum atomic E-state index is 12.8. The number of carbonyl (C=O) groups excluding carboxylic acids is 3. The summed E-state index contributed by atoms with van der Waals surface area (Å²) in [7, 11) is 0. The Morgan fingerprint density at radius 1 is 0.324 bits per heavy atom. The average Bonchev–Trinajstić information content (AvgIpc) is 3.34. The molecule has 0 spiro atoms. The molecule has 1 unspecified atom stereocenters. The molecule has 0 aliphatic heterocycles. The number of rotatable bonds is 46. The zero-order chi connectivity index (χ0) is 49.3. The summed E-state index contributed by atoms with van der Waals surface area (Å²) in [5.41, 5.74) is 0. The Balaban J connectivity index is 4.51. The van der Waals surface area contributed by atoms with Crippen LogP contribution in [0.2, 0.25) is 0 Å². The first-order valence-electron chi connectivity index (χ1n) is 27.0. The Morgan fingerprint density at radius 2 is 0.647 bits per heavy atom. The van der Waals surface area contributed by atoms with Crippen LogP contribution in [0.1, 0.15) is 207 Å². The summed E-state index contributed by atoms with van der Waals surface area (Å²) < 4.78 is 16.8. The summed E-state index contributed by atoms with van der Waals surface area (Å²) in [4.78, 5) is 38.1. The minimum absolute atomic E-state index is 0.111. The summed E-state index contributed by atoms with van der Waals surface area (Å²) >= 11 is 0. The van der Waals surface area contributed by atoms with Crippen LogP contribution in [0.25, 0.3) is 0 Å². The van der Waals surface area contributed by atoms with Crippen molar-refractivity contribution in [3.8, 4) is 0 Å². The third kappa shape index (κ3) is 52.3. The van der Waals surface area contributed by atoms with E-state index in [-0.39, 0.29) is 37.5 Å². The van der Waals surface area contributed by atoms with Crippen LogP contribution in [0.4, 0.5) is 0 Å². The molecule has 68 heavy (non-hydrogen) atoms. The maximum Gasteiger partial charge on any atom is 0.306 e. The minimum atomic E-state index is -0.817. The standard InChI is InChI=1S/C62H96O6/c1-4-7-10-13-16-19-22-25-27-29-31-33-34-37-40-43-46-49-52-55-61(64)67-58-59(57-66-60(63)54-51-48-45-42-39-36-24-21-18-15-12-9-6-3)68-62(65)56-53-50-47-44-41-38-35-32-30-28-26-23-20-17-14-11-8-5-2/h7,9-12,14-21,23-28,30,32,35-36,39,59H,4-6,8,13,22,29,31,33-34,37-38,40-58H2,1-3H3/b10-7-,12-9-,14-11-,18-15-,19-16-,20-17-,24-21-,26-23-,27-25-,30-28-,35-32-,39-36-. The van der Waals surface area contributed by atoms with Gasteiger partial charge in [-0.3, -0.25) is 14.4 Å². The summed E-state index contributed by atoms with van der Waals surface area (Å²) in [5.74, 6) is -0.991. The topological polar surface area (TPSA) is 78.9 Å². The first-order chi connectivity index (χ1) is 33.5. The molecule has 0 aromatic heterocycles. The van der Waals surface area contributed by atoms with Gasteiger partial charge in [-0.2, -0.15) is 0 Å². The van der Waals surface area contributed by atoms with Crippen LogP contribution in [-0.4, -0.2) is 37.2 Å². The monoisotopic (exact) mass is 937 g/mol. The van der Waals surface area contributed by atoms with Crippen LogP contribution in [0.15, 0.2) is 146 Å². The lowest BCUT2D eigenvalue weighted by Gasteiger charge is -2.18. The van der Waals surface area contributed by atoms with E-state index in [1.54, 1.807) is 0 Å². The third-order valence-electron chi connectivity index (χ3n) is 10.8. The minimum Gasteiger partial charge on any atom is -0.462 e. The molecule has 0 radical (unpaired) electrons. The predicted octanol–water partition coefficient (Wildman–Crippen LogP) is 18.0. The van der Waals surface area contributed by atoms with Crippen molar-refractivity contribution in [2.45, 2.75) is 213 Å². The van der Waals surface area contributed by atoms with Crippen molar-refractivity contribution < 1.29 is 28.6 Å². The van der Waals surface area contributed by atoms with Crippen LogP contribution in [0, 0.1) is 0 Å². The highest BCUT2D eigenvalue weighted by atomic mass is 16.6. The molecule has 6 heteroatoms. The fraction of sp³-hybridized carbons (Fsp3) is 0.565. The number of unbranched alkanes of at least 4 members (excludes halogenated alkanes) is 18. The lowest BCUT2D eigenvalue weighted by molar-refractivity contribution is -0.167. The second kappa shape index (κ2) is 54.9. The van der Waals surface area contributed by atoms with E-state index in [2.05, 4.69) is 93.7 Å². The van der Waals surface area contributed by atoms with Crippen LogP contribution in [0.5, 0.6) is 0 Å². The Morgan fingerprint density at radius 3 is 1.09 bits per heavy atom. The summed E-state index contributed by atoms with van der Waals surface area (Å²) in [6, 6.07) is 0. The summed E-state index contributed by atoms with van der Waals surface area (Å²) in [6.07, 6.45) is 78.3. The molecular formula is C62H96O6. The van der Waals surface area contributed by atoms with E-state index in [1.165, 1.54) is 44.9 Å². The van der Waals surface area contributed by atoms with Crippen LogP contribution < -0.4 is 0 Å². The predicted molar refractivity (Wildman–Crippen MR) is 292 cm³/mol. The van der Waals surface area contributed by atoms with E-state index in [0.717, 1.165) is 122 Å². The van der Waals surface area contributed by atoms with E-state index >= 15 is 0 Å². The van der Waals surface area contributed by atoms with Crippen molar-refractivity contribution in [1.82, 2.24) is 0 Å². The first kappa shape index (κ1) is 63.3. The van der Waals surface area contributed by atoms with Gasteiger partial charge in [-0.25, -0.2) is 0 Å².